The lowest BCUT2D eigenvalue weighted by molar-refractivity contribution is -0.0308. The summed E-state index contributed by atoms with van der Waals surface area (Å²) in [6.07, 6.45) is 6.55. The molecule has 1 saturated carbocycles. The summed E-state index contributed by atoms with van der Waals surface area (Å²) in [5.74, 6) is 0. The molecular weight excluding hydrogens is 276 g/mol. The van der Waals surface area contributed by atoms with E-state index in [0.717, 1.165) is 25.7 Å². The van der Waals surface area contributed by atoms with E-state index in [1.54, 1.807) is 0 Å². The fourth-order valence-corrected chi connectivity index (χ4v) is 4.50. The molecule has 0 N–H and O–H groups in total. The lowest BCUT2D eigenvalue weighted by Crippen LogP contribution is -2.44. The van der Waals surface area contributed by atoms with Crippen molar-refractivity contribution in [3.63, 3.8) is 0 Å². The largest absolute Gasteiger partial charge is 0.409 e. The zero-order chi connectivity index (χ0) is 15.3. The van der Waals surface area contributed by atoms with Crippen LogP contribution in [0.4, 0.5) is 0 Å². The van der Waals surface area contributed by atoms with Crippen LogP contribution in [0, 0.1) is 0 Å². The van der Waals surface area contributed by atoms with Crippen LogP contribution < -0.4 is 0 Å². The highest BCUT2D eigenvalue weighted by atomic mass is 28.4. The number of hydrogen-bond donors (Lipinski definition) is 0. The minimum atomic E-state index is -1.54. The van der Waals surface area contributed by atoms with Crippen LogP contribution in [0.1, 0.15) is 31.2 Å². The van der Waals surface area contributed by atoms with E-state index < -0.39 is 8.32 Å². The van der Waals surface area contributed by atoms with Crippen LogP contribution in [-0.2, 0) is 15.8 Å². The molecule has 1 aromatic carbocycles. The van der Waals surface area contributed by atoms with E-state index in [1.807, 2.05) is 12.1 Å². The Bertz CT molecular complexity index is 442. The molecule has 0 amide bonds. The molecule has 1 aromatic rings. The molecule has 0 aromatic heterocycles. The Morgan fingerprint density at radius 2 is 1.81 bits per heavy atom. The highest BCUT2D eigenvalue weighted by Gasteiger charge is 2.37. The van der Waals surface area contributed by atoms with Gasteiger partial charge in [0.15, 0.2) is 8.32 Å². The van der Waals surface area contributed by atoms with E-state index in [-0.39, 0.29) is 5.60 Å². The molecule has 1 aliphatic rings. The zero-order valence-corrected chi connectivity index (χ0v) is 14.6. The summed E-state index contributed by atoms with van der Waals surface area (Å²) in [4.78, 5) is 0. The second-order valence-electron chi connectivity index (χ2n) is 6.98. The SMILES string of the molecule is C=CC1(O[Si](C)(C)C)CCC(OCc2ccccc2)CC1. The van der Waals surface area contributed by atoms with Gasteiger partial charge in [0.05, 0.1) is 18.3 Å². The smallest absolute Gasteiger partial charge is 0.184 e. The van der Waals surface area contributed by atoms with Crippen molar-refractivity contribution in [3.05, 3.63) is 48.6 Å². The van der Waals surface area contributed by atoms with Crippen LogP contribution in [0.3, 0.4) is 0 Å². The van der Waals surface area contributed by atoms with Gasteiger partial charge in [-0.15, -0.1) is 6.58 Å². The molecule has 1 aliphatic carbocycles. The van der Waals surface area contributed by atoms with Gasteiger partial charge < -0.3 is 9.16 Å². The van der Waals surface area contributed by atoms with Crippen LogP contribution >= 0.6 is 0 Å². The average molecular weight is 305 g/mol. The number of hydrogen-bond acceptors (Lipinski definition) is 2. The Hall–Kier alpha value is -0.903. The molecule has 2 nitrogen and oxygen atoms in total. The summed E-state index contributed by atoms with van der Waals surface area (Å²) in [5, 5.41) is 0. The topological polar surface area (TPSA) is 18.5 Å². The van der Waals surface area contributed by atoms with E-state index in [1.165, 1.54) is 5.56 Å². The Morgan fingerprint density at radius 3 is 2.33 bits per heavy atom. The maximum absolute atomic E-state index is 6.39. The normalized spacial score (nSPS) is 26.5. The van der Waals surface area contributed by atoms with Gasteiger partial charge in [0.25, 0.3) is 0 Å². The third-order valence-electron chi connectivity index (χ3n) is 3.99. The summed E-state index contributed by atoms with van der Waals surface area (Å²) < 4.78 is 12.5. The molecule has 21 heavy (non-hydrogen) atoms. The molecule has 0 bridgehead atoms. The van der Waals surface area contributed by atoms with Gasteiger partial charge in [-0.05, 0) is 50.9 Å². The van der Waals surface area contributed by atoms with Crippen LogP contribution in [0.15, 0.2) is 43.0 Å². The van der Waals surface area contributed by atoms with Crippen LogP contribution in [0.5, 0.6) is 0 Å². The van der Waals surface area contributed by atoms with Crippen molar-refractivity contribution in [2.75, 3.05) is 0 Å². The first kappa shape index (κ1) is 16.5. The van der Waals surface area contributed by atoms with Gasteiger partial charge in [-0.3, -0.25) is 0 Å². The summed E-state index contributed by atoms with van der Waals surface area (Å²) in [7, 11) is -1.54. The van der Waals surface area contributed by atoms with Gasteiger partial charge in [-0.1, -0.05) is 36.4 Å². The summed E-state index contributed by atoms with van der Waals surface area (Å²) in [6.45, 7) is 11.5. The van der Waals surface area contributed by atoms with Crippen molar-refractivity contribution < 1.29 is 9.16 Å². The molecule has 0 unspecified atom stereocenters. The first-order chi connectivity index (χ1) is 9.92. The molecule has 0 atom stereocenters. The van der Waals surface area contributed by atoms with Gasteiger partial charge in [-0.25, -0.2) is 0 Å². The monoisotopic (exact) mass is 304 g/mol. The fourth-order valence-electron chi connectivity index (χ4n) is 2.99. The third kappa shape index (κ3) is 5.10. The lowest BCUT2D eigenvalue weighted by Gasteiger charge is -2.42. The maximum Gasteiger partial charge on any atom is 0.184 e. The Kier molecular flexibility index (Phi) is 5.41. The summed E-state index contributed by atoms with van der Waals surface area (Å²) in [6, 6.07) is 10.4. The van der Waals surface area contributed by atoms with Crippen molar-refractivity contribution in [3.8, 4) is 0 Å². The van der Waals surface area contributed by atoms with Gasteiger partial charge in [0, 0.05) is 0 Å². The number of benzene rings is 1. The van der Waals surface area contributed by atoms with Gasteiger partial charge in [-0.2, -0.15) is 0 Å². The van der Waals surface area contributed by atoms with Crippen molar-refractivity contribution in [2.24, 2.45) is 0 Å². The molecule has 0 heterocycles. The molecule has 1 fully saturated rings. The quantitative estimate of drug-likeness (QED) is 0.548. The zero-order valence-electron chi connectivity index (χ0n) is 13.6. The molecule has 0 aliphatic heterocycles. The highest BCUT2D eigenvalue weighted by Crippen LogP contribution is 2.36. The van der Waals surface area contributed by atoms with Crippen molar-refractivity contribution in [1.29, 1.82) is 0 Å². The van der Waals surface area contributed by atoms with E-state index in [9.17, 15) is 0 Å². The third-order valence-corrected chi connectivity index (χ3v) is 5.01. The lowest BCUT2D eigenvalue weighted by atomic mass is 9.83. The number of rotatable bonds is 6. The molecule has 116 valence electrons. The highest BCUT2D eigenvalue weighted by molar-refractivity contribution is 6.69. The Morgan fingerprint density at radius 1 is 1.19 bits per heavy atom. The van der Waals surface area contributed by atoms with E-state index in [0.29, 0.717) is 12.7 Å². The molecule has 0 radical (unpaired) electrons. The standard InChI is InChI=1S/C18H28O2Si/c1-5-18(20-21(2,3)4)13-11-17(12-14-18)19-15-16-9-7-6-8-10-16/h5-10,17H,1,11-15H2,2-4H3. The second kappa shape index (κ2) is 6.90. The molecule has 0 spiro atoms. The minimum absolute atomic E-state index is 0.114. The van der Waals surface area contributed by atoms with Crippen LogP contribution in [0.2, 0.25) is 19.6 Å². The Labute approximate surface area is 130 Å². The van der Waals surface area contributed by atoms with E-state index in [4.69, 9.17) is 9.16 Å². The van der Waals surface area contributed by atoms with Crippen molar-refractivity contribution in [2.45, 2.75) is 63.6 Å². The summed E-state index contributed by atoms with van der Waals surface area (Å²) >= 11 is 0. The minimum Gasteiger partial charge on any atom is -0.409 e. The average Bonchev–Trinajstić information content (AvgIpc) is 2.46. The molecule has 0 saturated heterocycles. The van der Waals surface area contributed by atoms with Gasteiger partial charge >= 0.3 is 0 Å². The van der Waals surface area contributed by atoms with Gasteiger partial charge in [0.2, 0.25) is 0 Å². The molecular formula is C18H28O2Si. The van der Waals surface area contributed by atoms with Crippen LogP contribution in [0.25, 0.3) is 0 Å². The summed E-state index contributed by atoms with van der Waals surface area (Å²) in [5.41, 5.74) is 1.13. The van der Waals surface area contributed by atoms with E-state index in [2.05, 4.69) is 50.5 Å². The maximum atomic E-state index is 6.39. The van der Waals surface area contributed by atoms with Crippen molar-refractivity contribution >= 4 is 8.32 Å². The first-order valence-electron chi connectivity index (χ1n) is 7.92. The Balaban J connectivity index is 1.83. The van der Waals surface area contributed by atoms with Crippen molar-refractivity contribution in [1.82, 2.24) is 0 Å². The van der Waals surface area contributed by atoms with E-state index >= 15 is 0 Å². The predicted octanol–water partition coefficient (Wildman–Crippen LogP) is 4.92. The fraction of sp³-hybridized carbons (Fsp3) is 0.556. The van der Waals surface area contributed by atoms with Gasteiger partial charge in [0.1, 0.15) is 0 Å². The number of ether oxygens (including phenoxy) is 1. The molecule has 3 heteroatoms. The van der Waals surface area contributed by atoms with Crippen LogP contribution in [-0.4, -0.2) is 20.0 Å². The second-order valence-corrected chi connectivity index (χ2v) is 11.4. The molecule has 2 rings (SSSR count). The first-order valence-corrected chi connectivity index (χ1v) is 11.3. The predicted molar refractivity (Wildman–Crippen MR) is 90.8 cm³/mol.